The predicted octanol–water partition coefficient (Wildman–Crippen LogP) is 0.370. The number of rotatable bonds is 1. The largest absolute Gasteiger partial charge is 0.396 e. The number of hydrogen-bond donors (Lipinski definition) is 1. The van der Waals surface area contributed by atoms with Crippen LogP contribution in [0.4, 0.5) is 0 Å². The minimum absolute atomic E-state index is 0.00463. The van der Waals surface area contributed by atoms with E-state index in [1.807, 2.05) is 6.92 Å². The molecule has 1 rings (SSSR count). The fourth-order valence-corrected chi connectivity index (χ4v) is 0.967. The van der Waals surface area contributed by atoms with E-state index in [0.29, 0.717) is 0 Å². The normalized spacial score (nSPS) is 33.8. The lowest BCUT2D eigenvalue weighted by Crippen LogP contribution is -2.14. The lowest BCUT2D eigenvalue weighted by molar-refractivity contribution is -0.118. The van der Waals surface area contributed by atoms with Gasteiger partial charge in [0.05, 0.1) is 6.61 Å². The van der Waals surface area contributed by atoms with Gasteiger partial charge in [0.15, 0.2) is 5.78 Å². The van der Waals surface area contributed by atoms with Crippen LogP contribution in [-0.2, 0) is 4.79 Å². The quantitative estimate of drug-likeness (QED) is 0.551. The molecule has 2 nitrogen and oxygen atoms in total. The number of aliphatic hydroxyl groups excluding tert-OH is 1. The van der Waals surface area contributed by atoms with E-state index in [1.54, 1.807) is 12.2 Å². The first kappa shape index (κ1) is 6.49. The van der Waals surface area contributed by atoms with Gasteiger partial charge in [-0.15, -0.1) is 0 Å². The summed E-state index contributed by atoms with van der Waals surface area (Å²) in [4.78, 5) is 10.7. The zero-order valence-electron chi connectivity index (χ0n) is 5.37. The first-order chi connectivity index (χ1) is 4.25. The Hall–Kier alpha value is -0.630. The maximum Gasteiger partial charge on any atom is 0.158 e. The highest BCUT2D eigenvalue weighted by Gasteiger charge is 2.24. The van der Waals surface area contributed by atoms with Crippen LogP contribution in [0.3, 0.4) is 0 Å². The van der Waals surface area contributed by atoms with Crippen molar-refractivity contribution in [1.29, 1.82) is 0 Å². The maximum absolute atomic E-state index is 10.7. The Morgan fingerprint density at radius 2 is 2.44 bits per heavy atom. The smallest absolute Gasteiger partial charge is 0.158 e. The number of aliphatic hydroxyl groups is 1. The zero-order chi connectivity index (χ0) is 6.85. The molecule has 0 spiro atoms. The van der Waals surface area contributed by atoms with Crippen molar-refractivity contribution >= 4 is 5.78 Å². The number of carbonyl (C=O) groups is 1. The van der Waals surface area contributed by atoms with Crippen LogP contribution < -0.4 is 0 Å². The van der Waals surface area contributed by atoms with E-state index < -0.39 is 0 Å². The minimum Gasteiger partial charge on any atom is -0.396 e. The summed E-state index contributed by atoms with van der Waals surface area (Å²) in [6.07, 6.45) is 3.32. The fourth-order valence-electron chi connectivity index (χ4n) is 0.967. The van der Waals surface area contributed by atoms with Crippen LogP contribution in [0, 0.1) is 11.8 Å². The second kappa shape index (κ2) is 2.31. The topological polar surface area (TPSA) is 37.3 Å². The van der Waals surface area contributed by atoms with E-state index in [-0.39, 0.29) is 24.2 Å². The molecule has 2 heteroatoms. The number of carbonyl (C=O) groups excluding carboxylic acids is 1. The van der Waals surface area contributed by atoms with Gasteiger partial charge in [-0.3, -0.25) is 4.79 Å². The second-order valence-electron chi connectivity index (χ2n) is 2.40. The van der Waals surface area contributed by atoms with E-state index in [9.17, 15) is 4.79 Å². The molecule has 0 saturated heterocycles. The number of allylic oxidation sites excluding steroid dienone is 1. The van der Waals surface area contributed by atoms with Crippen LogP contribution in [0.1, 0.15) is 6.92 Å². The van der Waals surface area contributed by atoms with Crippen molar-refractivity contribution in [1.82, 2.24) is 0 Å². The molecular formula is C7H10O2. The highest BCUT2D eigenvalue weighted by Crippen LogP contribution is 2.20. The summed E-state index contributed by atoms with van der Waals surface area (Å²) in [6, 6.07) is 0. The third-order valence-electron chi connectivity index (χ3n) is 1.81. The molecule has 1 N–H and O–H groups in total. The van der Waals surface area contributed by atoms with Crippen molar-refractivity contribution in [2.24, 2.45) is 11.8 Å². The summed E-state index contributed by atoms with van der Waals surface area (Å²) in [7, 11) is 0. The van der Waals surface area contributed by atoms with Gasteiger partial charge in [0.25, 0.3) is 0 Å². The molecule has 1 aliphatic carbocycles. The van der Waals surface area contributed by atoms with Crippen LogP contribution in [0.5, 0.6) is 0 Å². The molecule has 0 unspecified atom stereocenters. The zero-order valence-corrected chi connectivity index (χ0v) is 5.37. The standard InChI is InChI=1S/C7H10O2/c1-5-6(4-8)2-3-7(5)9/h2-3,5-6,8H,4H2,1H3/t5-,6-/m0/s1. The Morgan fingerprint density at radius 1 is 1.78 bits per heavy atom. The van der Waals surface area contributed by atoms with Crippen molar-refractivity contribution in [2.45, 2.75) is 6.92 Å². The highest BCUT2D eigenvalue weighted by atomic mass is 16.3. The minimum atomic E-state index is -0.00463. The molecule has 0 aromatic rings. The summed E-state index contributed by atoms with van der Waals surface area (Å²) < 4.78 is 0. The van der Waals surface area contributed by atoms with Crippen molar-refractivity contribution in [3.63, 3.8) is 0 Å². The van der Waals surface area contributed by atoms with E-state index in [1.165, 1.54) is 0 Å². The highest BCUT2D eigenvalue weighted by molar-refractivity contribution is 5.94. The van der Waals surface area contributed by atoms with Gasteiger partial charge in [-0.25, -0.2) is 0 Å². The molecule has 2 atom stereocenters. The fraction of sp³-hybridized carbons (Fsp3) is 0.571. The van der Waals surface area contributed by atoms with Crippen LogP contribution in [0.25, 0.3) is 0 Å². The van der Waals surface area contributed by atoms with Gasteiger partial charge >= 0.3 is 0 Å². The van der Waals surface area contributed by atoms with Gasteiger partial charge in [0, 0.05) is 11.8 Å². The van der Waals surface area contributed by atoms with Crippen molar-refractivity contribution in [3.05, 3.63) is 12.2 Å². The molecule has 0 radical (unpaired) electrons. The summed E-state index contributed by atoms with van der Waals surface area (Å²) in [5.41, 5.74) is 0. The van der Waals surface area contributed by atoms with E-state index in [2.05, 4.69) is 0 Å². The van der Waals surface area contributed by atoms with Crippen molar-refractivity contribution < 1.29 is 9.90 Å². The summed E-state index contributed by atoms with van der Waals surface area (Å²) in [5.74, 6) is 0.196. The Morgan fingerprint density at radius 3 is 2.67 bits per heavy atom. The molecule has 1 aliphatic rings. The molecule has 0 fully saturated rings. The van der Waals surface area contributed by atoms with E-state index in [4.69, 9.17) is 5.11 Å². The summed E-state index contributed by atoms with van der Waals surface area (Å²) in [6.45, 7) is 1.92. The molecule has 9 heavy (non-hydrogen) atoms. The van der Waals surface area contributed by atoms with Crippen molar-refractivity contribution in [3.8, 4) is 0 Å². The Balaban J connectivity index is 2.62. The van der Waals surface area contributed by atoms with E-state index in [0.717, 1.165) is 0 Å². The average Bonchev–Trinajstić information content (AvgIpc) is 2.15. The Labute approximate surface area is 54.2 Å². The third-order valence-corrected chi connectivity index (χ3v) is 1.81. The Bertz CT molecular complexity index is 149. The maximum atomic E-state index is 10.7. The summed E-state index contributed by atoms with van der Waals surface area (Å²) >= 11 is 0. The molecule has 0 aromatic heterocycles. The molecule has 0 heterocycles. The molecule has 0 aliphatic heterocycles. The van der Waals surface area contributed by atoms with Gasteiger partial charge in [0.2, 0.25) is 0 Å². The first-order valence-electron chi connectivity index (χ1n) is 3.08. The second-order valence-corrected chi connectivity index (χ2v) is 2.40. The average molecular weight is 126 g/mol. The van der Waals surface area contributed by atoms with Gasteiger partial charge < -0.3 is 5.11 Å². The van der Waals surface area contributed by atoms with Gasteiger partial charge in [-0.05, 0) is 6.08 Å². The summed E-state index contributed by atoms with van der Waals surface area (Å²) in [5, 5.41) is 8.65. The number of ketones is 1. The van der Waals surface area contributed by atoms with Crippen LogP contribution >= 0.6 is 0 Å². The van der Waals surface area contributed by atoms with Gasteiger partial charge in [-0.2, -0.15) is 0 Å². The lowest BCUT2D eigenvalue weighted by Gasteiger charge is -2.07. The third kappa shape index (κ3) is 1.03. The molecule has 0 saturated carbocycles. The molecular weight excluding hydrogens is 116 g/mol. The van der Waals surface area contributed by atoms with Crippen LogP contribution in [0.15, 0.2) is 12.2 Å². The predicted molar refractivity (Wildman–Crippen MR) is 33.9 cm³/mol. The van der Waals surface area contributed by atoms with Gasteiger partial charge in [-0.1, -0.05) is 13.0 Å². The SMILES string of the molecule is C[C@@H]1C(=O)C=C[C@H]1CO. The van der Waals surface area contributed by atoms with Crippen LogP contribution in [-0.4, -0.2) is 17.5 Å². The monoisotopic (exact) mass is 126 g/mol. The van der Waals surface area contributed by atoms with Crippen LogP contribution in [0.2, 0.25) is 0 Å². The van der Waals surface area contributed by atoms with Crippen molar-refractivity contribution in [2.75, 3.05) is 6.61 Å². The first-order valence-corrected chi connectivity index (χ1v) is 3.08. The molecule has 50 valence electrons. The molecule has 0 bridgehead atoms. The number of hydrogen-bond acceptors (Lipinski definition) is 2. The van der Waals surface area contributed by atoms with Gasteiger partial charge in [0.1, 0.15) is 0 Å². The van der Waals surface area contributed by atoms with E-state index >= 15 is 0 Å². The Kier molecular flexibility index (Phi) is 1.67. The lowest BCUT2D eigenvalue weighted by atomic mass is 9.98. The molecule has 0 amide bonds. The molecule has 0 aromatic carbocycles.